The highest BCUT2D eigenvalue weighted by Gasteiger charge is 2.28. The molecule has 1 aromatic heterocycles. The van der Waals surface area contributed by atoms with E-state index in [4.69, 9.17) is 5.84 Å². The van der Waals surface area contributed by atoms with Gasteiger partial charge in [0.15, 0.2) is 5.82 Å². The number of benzene rings is 1. The van der Waals surface area contributed by atoms with E-state index in [1.165, 1.54) is 34.8 Å². The third kappa shape index (κ3) is 4.20. The minimum Gasteiger partial charge on any atom is -0.352 e. The Morgan fingerprint density at radius 3 is 2.73 bits per heavy atom. The second kappa shape index (κ2) is 8.12. The maximum absolute atomic E-state index is 12.3. The summed E-state index contributed by atoms with van der Waals surface area (Å²) in [6.45, 7) is 6.53. The van der Waals surface area contributed by atoms with Crippen molar-refractivity contribution in [3.05, 3.63) is 29.8 Å². The number of hydrogen-bond acceptors (Lipinski definition) is 5. The van der Waals surface area contributed by atoms with Gasteiger partial charge in [-0.25, -0.2) is 4.68 Å². The summed E-state index contributed by atoms with van der Waals surface area (Å²) in [7, 11) is 0. The molecule has 7 heteroatoms. The molecule has 1 heterocycles. The Balaban J connectivity index is 1.58. The molecule has 140 valence electrons. The van der Waals surface area contributed by atoms with E-state index in [9.17, 15) is 4.79 Å². The monoisotopic (exact) mass is 373 g/mol. The van der Waals surface area contributed by atoms with Crippen molar-refractivity contribution in [2.45, 2.75) is 51.2 Å². The van der Waals surface area contributed by atoms with Gasteiger partial charge in [0, 0.05) is 11.6 Å². The van der Waals surface area contributed by atoms with E-state index in [0.29, 0.717) is 28.6 Å². The van der Waals surface area contributed by atoms with Gasteiger partial charge in [0.25, 0.3) is 0 Å². The summed E-state index contributed by atoms with van der Waals surface area (Å²) < 4.78 is 1.45. The molecule has 1 saturated carbocycles. The van der Waals surface area contributed by atoms with E-state index in [0.717, 1.165) is 12.0 Å². The first-order valence-electron chi connectivity index (χ1n) is 9.15. The van der Waals surface area contributed by atoms with Crippen LogP contribution in [-0.2, 0) is 4.79 Å². The van der Waals surface area contributed by atoms with Crippen molar-refractivity contribution in [2.75, 3.05) is 11.6 Å². The molecule has 0 aliphatic heterocycles. The molecule has 6 nitrogen and oxygen atoms in total. The van der Waals surface area contributed by atoms with Crippen molar-refractivity contribution in [3.63, 3.8) is 0 Å². The smallest absolute Gasteiger partial charge is 0.230 e. The van der Waals surface area contributed by atoms with Crippen LogP contribution in [0.25, 0.3) is 11.4 Å². The number of nitrogens with zero attached hydrogens (tertiary/aromatic N) is 3. The SMILES string of the molecule is Cc1ccc(-c2nnc(SCC(=O)N[C@@H]3CCC[C@@H](C)[C@H]3C)n2N)cc1. The van der Waals surface area contributed by atoms with Crippen LogP contribution in [0, 0.1) is 18.8 Å². The number of nitrogen functional groups attached to an aromatic ring is 1. The van der Waals surface area contributed by atoms with Gasteiger partial charge in [-0.15, -0.1) is 10.2 Å². The lowest BCUT2D eigenvalue weighted by molar-refractivity contribution is -0.120. The molecule has 1 aliphatic rings. The Kier molecular flexibility index (Phi) is 5.86. The van der Waals surface area contributed by atoms with Crippen LogP contribution in [0.5, 0.6) is 0 Å². The molecule has 1 amide bonds. The van der Waals surface area contributed by atoms with Gasteiger partial charge in [-0.05, 0) is 25.2 Å². The highest BCUT2D eigenvalue weighted by atomic mass is 32.2. The van der Waals surface area contributed by atoms with Crippen LogP contribution >= 0.6 is 11.8 Å². The number of carbonyl (C=O) groups excluding carboxylic acids is 1. The molecule has 0 bridgehead atoms. The zero-order valence-corrected chi connectivity index (χ0v) is 16.4. The van der Waals surface area contributed by atoms with Crippen LogP contribution in [-0.4, -0.2) is 32.6 Å². The molecule has 0 unspecified atom stereocenters. The van der Waals surface area contributed by atoms with Crippen molar-refractivity contribution in [1.82, 2.24) is 20.2 Å². The number of rotatable bonds is 5. The fourth-order valence-electron chi connectivity index (χ4n) is 3.44. The first-order chi connectivity index (χ1) is 12.5. The fraction of sp³-hybridized carbons (Fsp3) is 0.526. The standard InChI is InChI=1S/C19H27N5OS/c1-12-7-9-15(10-8-12)18-22-23-19(24(18)20)26-11-17(25)21-16-6-4-5-13(2)14(16)3/h7-10,13-14,16H,4-6,11,20H2,1-3H3,(H,21,25)/t13-,14-,16-/m1/s1. The zero-order chi connectivity index (χ0) is 18.7. The number of carbonyl (C=O) groups is 1. The lowest BCUT2D eigenvalue weighted by atomic mass is 9.78. The summed E-state index contributed by atoms with van der Waals surface area (Å²) in [5.74, 6) is 8.22. The zero-order valence-electron chi connectivity index (χ0n) is 15.6. The van der Waals surface area contributed by atoms with E-state index < -0.39 is 0 Å². The molecule has 1 fully saturated rings. The first kappa shape index (κ1) is 18.8. The van der Waals surface area contributed by atoms with Crippen LogP contribution in [0.2, 0.25) is 0 Å². The third-order valence-electron chi connectivity index (χ3n) is 5.36. The molecular formula is C19H27N5OS. The number of aryl methyl sites for hydroxylation is 1. The molecule has 3 rings (SSSR count). The van der Waals surface area contributed by atoms with Gasteiger partial charge in [0.2, 0.25) is 11.1 Å². The lowest BCUT2D eigenvalue weighted by Crippen LogP contribution is -2.44. The largest absolute Gasteiger partial charge is 0.352 e. The molecule has 3 N–H and O–H groups in total. The van der Waals surface area contributed by atoms with E-state index in [1.54, 1.807) is 0 Å². The van der Waals surface area contributed by atoms with Gasteiger partial charge in [-0.2, -0.15) is 0 Å². The van der Waals surface area contributed by atoms with Gasteiger partial charge in [-0.3, -0.25) is 4.79 Å². The molecule has 0 radical (unpaired) electrons. The van der Waals surface area contributed by atoms with Crippen LogP contribution < -0.4 is 11.2 Å². The van der Waals surface area contributed by atoms with Crippen LogP contribution in [0.15, 0.2) is 29.4 Å². The summed E-state index contributed by atoms with van der Waals surface area (Å²) in [6.07, 6.45) is 3.49. The van der Waals surface area contributed by atoms with Crippen molar-refractivity contribution in [1.29, 1.82) is 0 Å². The Morgan fingerprint density at radius 1 is 1.27 bits per heavy atom. The minimum atomic E-state index is 0.0286. The number of thioether (sulfide) groups is 1. The summed E-state index contributed by atoms with van der Waals surface area (Å²) in [4.78, 5) is 12.3. The van der Waals surface area contributed by atoms with Gasteiger partial charge in [-0.1, -0.05) is 68.3 Å². The maximum atomic E-state index is 12.3. The topological polar surface area (TPSA) is 85.8 Å². The number of amides is 1. The van der Waals surface area contributed by atoms with Gasteiger partial charge in [0.1, 0.15) is 0 Å². The Hall–Kier alpha value is -2.02. The average molecular weight is 374 g/mol. The van der Waals surface area contributed by atoms with Crippen LogP contribution in [0.4, 0.5) is 0 Å². The van der Waals surface area contributed by atoms with E-state index in [1.807, 2.05) is 31.2 Å². The quantitative estimate of drug-likeness (QED) is 0.621. The van der Waals surface area contributed by atoms with Gasteiger partial charge >= 0.3 is 0 Å². The van der Waals surface area contributed by atoms with E-state index >= 15 is 0 Å². The Labute approximate surface area is 158 Å². The molecule has 3 atom stereocenters. The van der Waals surface area contributed by atoms with Crippen molar-refractivity contribution in [2.24, 2.45) is 11.8 Å². The first-order valence-corrected chi connectivity index (χ1v) is 10.1. The molecule has 1 aliphatic carbocycles. The molecule has 0 saturated heterocycles. The second-order valence-corrected chi connectivity index (χ2v) is 8.21. The normalized spacial score (nSPS) is 23.0. The fourth-order valence-corrected chi connectivity index (χ4v) is 4.11. The van der Waals surface area contributed by atoms with Crippen molar-refractivity contribution in [3.8, 4) is 11.4 Å². The van der Waals surface area contributed by atoms with Gasteiger partial charge < -0.3 is 11.2 Å². The highest BCUT2D eigenvalue weighted by Crippen LogP contribution is 2.29. The Morgan fingerprint density at radius 2 is 2.00 bits per heavy atom. The van der Waals surface area contributed by atoms with Gasteiger partial charge in [0.05, 0.1) is 5.75 Å². The second-order valence-electron chi connectivity index (χ2n) is 7.27. The molecule has 0 spiro atoms. The summed E-state index contributed by atoms with van der Waals surface area (Å²) in [5.41, 5.74) is 2.08. The van der Waals surface area contributed by atoms with Crippen LogP contribution in [0.3, 0.4) is 0 Å². The lowest BCUT2D eigenvalue weighted by Gasteiger charge is -2.34. The number of nitrogens with two attached hydrogens (primary N) is 1. The minimum absolute atomic E-state index is 0.0286. The van der Waals surface area contributed by atoms with Crippen molar-refractivity contribution < 1.29 is 4.79 Å². The average Bonchev–Trinajstić information content (AvgIpc) is 2.99. The number of nitrogens with one attached hydrogen (secondary N) is 1. The maximum Gasteiger partial charge on any atom is 0.230 e. The molecule has 1 aromatic carbocycles. The summed E-state index contributed by atoms with van der Waals surface area (Å²) in [6, 6.07) is 8.23. The predicted octanol–water partition coefficient (Wildman–Crippen LogP) is 3.00. The number of aromatic nitrogens is 3. The number of hydrogen-bond donors (Lipinski definition) is 2. The predicted molar refractivity (Wildman–Crippen MR) is 105 cm³/mol. The summed E-state index contributed by atoms with van der Waals surface area (Å²) >= 11 is 1.32. The third-order valence-corrected chi connectivity index (χ3v) is 6.30. The van der Waals surface area contributed by atoms with Crippen molar-refractivity contribution >= 4 is 17.7 Å². The van der Waals surface area contributed by atoms with E-state index in [-0.39, 0.29) is 11.9 Å². The Bertz CT molecular complexity index is 758. The van der Waals surface area contributed by atoms with E-state index in [2.05, 4.69) is 29.4 Å². The molecule has 26 heavy (non-hydrogen) atoms. The van der Waals surface area contributed by atoms with Crippen LogP contribution in [0.1, 0.15) is 38.7 Å². The summed E-state index contributed by atoms with van der Waals surface area (Å²) in [5, 5.41) is 12.0. The molecular weight excluding hydrogens is 346 g/mol. The molecule has 2 aromatic rings. The highest BCUT2D eigenvalue weighted by molar-refractivity contribution is 7.99.